The summed E-state index contributed by atoms with van der Waals surface area (Å²) in [5.74, 6) is -0.189. The number of amides is 2. The minimum Gasteiger partial charge on any atom is -0.465 e. The lowest BCUT2D eigenvalue weighted by Gasteiger charge is -2.24. The molecule has 152 valence electrons. The van der Waals surface area contributed by atoms with Gasteiger partial charge in [0.25, 0.3) is 0 Å². The first-order chi connectivity index (χ1) is 13.8. The van der Waals surface area contributed by atoms with Crippen LogP contribution in [-0.2, 0) is 0 Å². The fourth-order valence-corrected chi connectivity index (χ4v) is 5.25. The van der Waals surface area contributed by atoms with Crippen LogP contribution in [0.3, 0.4) is 0 Å². The third kappa shape index (κ3) is 3.39. The van der Waals surface area contributed by atoms with Gasteiger partial charge in [-0.15, -0.1) is 0 Å². The van der Waals surface area contributed by atoms with Gasteiger partial charge in [-0.25, -0.2) is 9.59 Å². The summed E-state index contributed by atoms with van der Waals surface area (Å²) in [5.41, 5.74) is 2.71. The summed E-state index contributed by atoms with van der Waals surface area (Å²) in [4.78, 5) is 26.2. The first-order valence-corrected chi connectivity index (χ1v) is 10.2. The van der Waals surface area contributed by atoms with E-state index in [4.69, 9.17) is 34.8 Å². The summed E-state index contributed by atoms with van der Waals surface area (Å²) in [7, 11) is 0. The molecule has 0 radical (unpaired) electrons. The van der Waals surface area contributed by atoms with Crippen LogP contribution in [-0.4, -0.2) is 46.4 Å². The average molecular weight is 456 g/mol. The van der Waals surface area contributed by atoms with Gasteiger partial charge in [0, 0.05) is 51.2 Å². The summed E-state index contributed by atoms with van der Waals surface area (Å²) < 4.78 is 0. The second kappa shape index (κ2) is 7.59. The fraction of sp³-hybridized carbons (Fsp3) is 0.300. The van der Waals surface area contributed by atoms with Crippen LogP contribution in [0.5, 0.6) is 0 Å². The highest BCUT2D eigenvalue weighted by Crippen LogP contribution is 2.52. The Morgan fingerprint density at radius 3 is 2.31 bits per heavy atom. The Labute approximate surface area is 182 Å². The van der Waals surface area contributed by atoms with E-state index in [1.165, 1.54) is 9.80 Å². The van der Waals surface area contributed by atoms with Crippen molar-refractivity contribution in [1.29, 1.82) is 0 Å². The Balaban J connectivity index is 1.91. The predicted octanol–water partition coefficient (Wildman–Crippen LogP) is 6.04. The zero-order valence-electron chi connectivity index (χ0n) is 15.1. The van der Waals surface area contributed by atoms with Crippen LogP contribution in [0.2, 0.25) is 15.1 Å². The predicted molar refractivity (Wildman–Crippen MR) is 113 cm³/mol. The number of carboxylic acid groups (broad SMARTS) is 2. The van der Waals surface area contributed by atoms with Crippen LogP contribution in [0.25, 0.3) is 11.1 Å². The molecular weight excluding hydrogens is 439 g/mol. The molecule has 29 heavy (non-hydrogen) atoms. The number of fused-ring (bicyclic) bond motifs is 3. The lowest BCUT2D eigenvalue weighted by molar-refractivity contribution is 0.146. The molecule has 0 bridgehead atoms. The Bertz CT molecular complexity index is 1010. The largest absolute Gasteiger partial charge is 0.465 e. The van der Waals surface area contributed by atoms with Crippen LogP contribution >= 0.6 is 34.8 Å². The lowest BCUT2D eigenvalue weighted by atomic mass is 9.86. The number of likely N-dealkylation sites (tertiary alicyclic amines) is 1. The van der Waals surface area contributed by atoms with Gasteiger partial charge in [0.05, 0.1) is 5.69 Å². The van der Waals surface area contributed by atoms with E-state index < -0.39 is 12.2 Å². The van der Waals surface area contributed by atoms with Crippen molar-refractivity contribution in [2.24, 2.45) is 0 Å². The average Bonchev–Trinajstić information content (AvgIpc) is 2.80. The van der Waals surface area contributed by atoms with Crippen LogP contribution in [0.4, 0.5) is 15.3 Å². The number of anilines is 1. The number of rotatable bonds is 1. The molecular formula is C20H17Cl3N2O4. The molecule has 1 saturated heterocycles. The van der Waals surface area contributed by atoms with E-state index in [-0.39, 0.29) is 18.5 Å². The number of carbonyl (C=O) groups is 2. The number of nitrogens with zero attached hydrogens (tertiary/aromatic N) is 2. The van der Waals surface area contributed by atoms with E-state index in [1.807, 2.05) is 0 Å². The van der Waals surface area contributed by atoms with Gasteiger partial charge in [-0.3, -0.25) is 4.90 Å². The molecule has 0 aromatic heterocycles. The van der Waals surface area contributed by atoms with E-state index >= 15 is 0 Å². The summed E-state index contributed by atoms with van der Waals surface area (Å²) in [6, 6.07) is 8.11. The molecule has 2 unspecified atom stereocenters. The van der Waals surface area contributed by atoms with Crippen molar-refractivity contribution in [2.45, 2.75) is 24.8 Å². The first kappa shape index (κ1) is 20.1. The molecule has 1 fully saturated rings. The molecule has 2 aliphatic rings. The Morgan fingerprint density at radius 1 is 0.931 bits per heavy atom. The Hall–Kier alpha value is -2.15. The molecule has 2 aliphatic heterocycles. The molecule has 0 aliphatic carbocycles. The maximum Gasteiger partial charge on any atom is 0.412 e. The monoisotopic (exact) mass is 454 g/mol. The molecule has 9 heteroatoms. The van der Waals surface area contributed by atoms with Crippen LogP contribution < -0.4 is 4.90 Å². The summed E-state index contributed by atoms with van der Waals surface area (Å²) in [6.45, 7) is 0.600. The van der Waals surface area contributed by atoms with Gasteiger partial charge >= 0.3 is 12.2 Å². The third-order valence-electron chi connectivity index (χ3n) is 5.68. The topological polar surface area (TPSA) is 81.1 Å². The molecule has 2 N–H and O–H groups in total. The van der Waals surface area contributed by atoms with E-state index in [1.54, 1.807) is 30.3 Å². The van der Waals surface area contributed by atoms with Crippen LogP contribution in [0, 0.1) is 0 Å². The van der Waals surface area contributed by atoms with Crippen molar-refractivity contribution in [1.82, 2.24) is 4.90 Å². The van der Waals surface area contributed by atoms with Crippen molar-refractivity contribution in [2.75, 3.05) is 18.0 Å². The normalized spacial score (nSPS) is 20.8. The fourth-order valence-electron chi connectivity index (χ4n) is 4.48. The minimum absolute atomic E-state index is 0.189. The molecule has 4 rings (SSSR count). The molecule has 2 aromatic carbocycles. The standard InChI is InChI=1S/C20H17Cl3N2O4/c21-10-1-2-11(14(23)9-10)17-13(22)3-4-16-18(17)12-5-7-24(19(26)27)8-6-15(12)25(16)20(28)29/h1-4,9,12,15H,5-8H2,(H,26,27)(H,28,29). The smallest absolute Gasteiger partial charge is 0.412 e. The summed E-state index contributed by atoms with van der Waals surface area (Å²) >= 11 is 19.1. The number of hydrogen-bond donors (Lipinski definition) is 2. The zero-order valence-corrected chi connectivity index (χ0v) is 17.4. The quantitative estimate of drug-likeness (QED) is 0.549. The first-order valence-electron chi connectivity index (χ1n) is 9.07. The van der Waals surface area contributed by atoms with E-state index in [0.29, 0.717) is 51.3 Å². The highest BCUT2D eigenvalue weighted by Gasteiger charge is 2.45. The van der Waals surface area contributed by atoms with Crippen molar-refractivity contribution >= 4 is 52.7 Å². The highest BCUT2D eigenvalue weighted by atomic mass is 35.5. The van der Waals surface area contributed by atoms with Gasteiger partial charge in [-0.1, -0.05) is 40.9 Å². The van der Waals surface area contributed by atoms with Crippen molar-refractivity contribution < 1.29 is 19.8 Å². The van der Waals surface area contributed by atoms with E-state index in [9.17, 15) is 19.8 Å². The maximum absolute atomic E-state index is 12.1. The molecule has 2 atom stereocenters. The minimum atomic E-state index is -1.07. The van der Waals surface area contributed by atoms with Crippen molar-refractivity contribution in [3.05, 3.63) is 51.0 Å². The Morgan fingerprint density at radius 2 is 1.66 bits per heavy atom. The SMILES string of the molecule is O=C(O)N1CCC2c3c(ccc(Cl)c3-c3ccc(Cl)cc3Cl)N(C(=O)O)C2CC1. The second-order valence-corrected chi connectivity index (χ2v) is 8.40. The van der Waals surface area contributed by atoms with Crippen LogP contribution in [0.1, 0.15) is 24.3 Å². The Kier molecular flexibility index (Phi) is 5.27. The molecule has 6 nitrogen and oxygen atoms in total. The molecule has 0 saturated carbocycles. The summed E-state index contributed by atoms with van der Waals surface area (Å²) in [5, 5.41) is 20.6. The summed E-state index contributed by atoms with van der Waals surface area (Å²) in [6.07, 6.45) is -1.17. The molecule has 2 aromatic rings. The lowest BCUT2D eigenvalue weighted by Crippen LogP contribution is -2.39. The van der Waals surface area contributed by atoms with E-state index in [2.05, 4.69) is 0 Å². The zero-order chi connectivity index (χ0) is 20.9. The van der Waals surface area contributed by atoms with E-state index in [0.717, 1.165) is 5.56 Å². The van der Waals surface area contributed by atoms with Gasteiger partial charge in [-0.2, -0.15) is 0 Å². The van der Waals surface area contributed by atoms with Crippen molar-refractivity contribution in [3.63, 3.8) is 0 Å². The van der Waals surface area contributed by atoms with Gasteiger partial charge in [0.1, 0.15) is 0 Å². The van der Waals surface area contributed by atoms with Gasteiger partial charge < -0.3 is 15.1 Å². The third-order valence-corrected chi connectivity index (χ3v) is 6.54. The van der Waals surface area contributed by atoms with Gasteiger partial charge in [0.2, 0.25) is 0 Å². The maximum atomic E-state index is 12.1. The number of hydrogen-bond acceptors (Lipinski definition) is 2. The number of halogens is 3. The van der Waals surface area contributed by atoms with Gasteiger partial charge in [0.15, 0.2) is 0 Å². The molecule has 2 heterocycles. The second-order valence-electron chi connectivity index (χ2n) is 7.15. The van der Waals surface area contributed by atoms with Crippen molar-refractivity contribution in [3.8, 4) is 11.1 Å². The highest BCUT2D eigenvalue weighted by molar-refractivity contribution is 6.38. The molecule has 0 spiro atoms. The number of benzene rings is 2. The van der Waals surface area contributed by atoms with Gasteiger partial charge in [-0.05, 0) is 42.7 Å². The van der Waals surface area contributed by atoms with Crippen LogP contribution in [0.15, 0.2) is 30.3 Å². The molecule has 2 amide bonds.